The highest BCUT2D eigenvalue weighted by Gasteiger charge is 1.90. The number of allylic oxidation sites excluding steroid dienone is 1. The Morgan fingerprint density at radius 2 is 2.10 bits per heavy atom. The van der Waals surface area contributed by atoms with Gasteiger partial charge in [0.05, 0.1) is 0 Å². The van der Waals surface area contributed by atoms with E-state index in [4.69, 9.17) is 5.14 Å². The van der Waals surface area contributed by atoms with E-state index in [9.17, 15) is 8.42 Å². The molecule has 0 amide bonds. The van der Waals surface area contributed by atoms with Gasteiger partial charge in [-0.25, -0.2) is 13.6 Å². The van der Waals surface area contributed by atoms with Crippen LogP contribution in [-0.4, -0.2) is 8.42 Å². The van der Waals surface area contributed by atoms with E-state index in [0.29, 0.717) is 0 Å². The molecule has 60 valence electrons. The first-order valence-corrected chi connectivity index (χ1v) is 4.86. The van der Waals surface area contributed by atoms with E-state index in [0.717, 1.165) is 24.7 Å². The van der Waals surface area contributed by atoms with Gasteiger partial charge in [-0.05, 0) is 6.42 Å². The lowest BCUT2D eigenvalue weighted by Gasteiger charge is -1.87. The zero-order valence-corrected chi connectivity index (χ0v) is 6.89. The van der Waals surface area contributed by atoms with E-state index in [2.05, 4.69) is 0 Å². The minimum atomic E-state index is -3.39. The Morgan fingerprint density at radius 1 is 1.50 bits per heavy atom. The third kappa shape index (κ3) is 7.65. The third-order valence-corrected chi connectivity index (χ3v) is 1.58. The van der Waals surface area contributed by atoms with Crippen LogP contribution in [0.25, 0.3) is 0 Å². The topological polar surface area (TPSA) is 60.2 Å². The summed E-state index contributed by atoms with van der Waals surface area (Å²) in [6.45, 7) is 2.05. The van der Waals surface area contributed by atoms with Gasteiger partial charge >= 0.3 is 0 Å². The lowest BCUT2D eigenvalue weighted by Crippen LogP contribution is -2.06. The van der Waals surface area contributed by atoms with Crippen LogP contribution in [0.15, 0.2) is 11.5 Å². The van der Waals surface area contributed by atoms with Gasteiger partial charge in [0.15, 0.2) is 0 Å². The highest BCUT2D eigenvalue weighted by molar-refractivity contribution is 7.92. The molecular weight excluding hydrogens is 150 g/mol. The van der Waals surface area contributed by atoms with Crippen molar-refractivity contribution < 1.29 is 8.42 Å². The van der Waals surface area contributed by atoms with Crippen LogP contribution in [0.3, 0.4) is 0 Å². The predicted molar refractivity (Wildman–Crippen MR) is 41.8 cm³/mol. The minimum Gasteiger partial charge on any atom is -0.225 e. The average molecular weight is 163 g/mol. The normalized spacial score (nSPS) is 12.6. The molecule has 0 spiro atoms. The Morgan fingerprint density at radius 3 is 2.50 bits per heavy atom. The van der Waals surface area contributed by atoms with Gasteiger partial charge in [0.1, 0.15) is 0 Å². The zero-order valence-electron chi connectivity index (χ0n) is 6.08. The van der Waals surface area contributed by atoms with Gasteiger partial charge in [0, 0.05) is 5.41 Å². The number of nitrogens with two attached hydrogens (primary N) is 1. The maximum absolute atomic E-state index is 10.3. The monoisotopic (exact) mass is 163 g/mol. The molecule has 0 radical (unpaired) electrons. The summed E-state index contributed by atoms with van der Waals surface area (Å²) in [5, 5.41) is 5.75. The van der Waals surface area contributed by atoms with Gasteiger partial charge in [-0.3, -0.25) is 0 Å². The van der Waals surface area contributed by atoms with E-state index < -0.39 is 10.0 Å². The van der Waals surface area contributed by atoms with Crippen molar-refractivity contribution in [2.75, 3.05) is 0 Å². The molecular formula is C6H13NO2S. The van der Waals surface area contributed by atoms with E-state index >= 15 is 0 Å². The predicted octanol–water partition coefficient (Wildman–Crippen LogP) is 0.979. The number of sulfonamides is 1. The zero-order chi connectivity index (χ0) is 8.04. The van der Waals surface area contributed by atoms with Crippen LogP contribution in [-0.2, 0) is 10.0 Å². The molecule has 0 aliphatic carbocycles. The summed E-state index contributed by atoms with van der Waals surface area (Å²) in [5.74, 6) is 0. The van der Waals surface area contributed by atoms with Crippen molar-refractivity contribution in [3.05, 3.63) is 11.5 Å². The lowest BCUT2D eigenvalue weighted by atomic mass is 10.2. The smallest absolute Gasteiger partial charge is 0.225 e. The van der Waals surface area contributed by atoms with Gasteiger partial charge in [0.2, 0.25) is 10.0 Å². The minimum absolute atomic E-state index is 0.785. The molecule has 0 aromatic carbocycles. The third-order valence-electron chi connectivity index (χ3n) is 1.01. The Bertz CT molecular complexity index is 194. The van der Waals surface area contributed by atoms with Crippen molar-refractivity contribution >= 4 is 10.0 Å². The Balaban J connectivity index is 3.58. The van der Waals surface area contributed by atoms with Crippen molar-refractivity contribution in [3.8, 4) is 0 Å². The summed E-state index contributed by atoms with van der Waals surface area (Å²) in [5.41, 5.74) is 0. The van der Waals surface area contributed by atoms with Crippen molar-refractivity contribution in [1.29, 1.82) is 0 Å². The highest BCUT2D eigenvalue weighted by atomic mass is 32.2. The number of hydrogen-bond acceptors (Lipinski definition) is 2. The van der Waals surface area contributed by atoms with E-state index in [1.54, 1.807) is 6.08 Å². The number of rotatable bonds is 4. The van der Waals surface area contributed by atoms with Crippen molar-refractivity contribution in [2.45, 2.75) is 26.2 Å². The van der Waals surface area contributed by atoms with E-state index in [1.807, 2.05) is 6.92 Å². The van der Waals surface area contributed by atoms with Gasteiger partial charge < -0.3 is 0 Å². The molecule has 0 saturated heterocycles. The molecule has 0 heterocycles. The quantitative estimate of drug-likeness (QED) is 0.628. The van der Waals surface area contributed by atoms with Crippen LogP contribution in [0.4, 0.5) is 0 Å². The molecule has 0 aliphatic heterocycles. The molecule has 0 bridgehead atoms. The van der Waals surface area contributed by atoms with Crippen LogP contribution < -0.4 is 5.14 Å². The second-order valence-electron chi connectivity index (χ2n) is 2.10. The summed E-state index contributed by atoms with van der Waals surface area (Å²) in [6.07, 6.45) is 4.44. The first kappa shape index (κ1) is 9.65. The fraction of sp³-hybridized carbons (Fsp3) is 0.667. The van der Waals surface area contributed by atoms with Crippen LogP contribution in [0.2, 0.25) is 0 Å². The molecule has 10 heavy (non-hydrogen) atoms. The van der Waals surface area contributed by atoms with E-state index in [-0.39, 0.29) is 0 Å². The van der Waals surface area contributed by atoms with Crippen LogP contribution in [0.5, 0.6) is 0 Å². The number of primary sulfonamides is 1. The summed E-state index contributed by atoms with van der Waals surface area (Å²) < 4.78 is 20.6. The Labute approximate surface area is 62.0 Å². The molecule has 0 aromatic heterocycles. The summed E-state index contributed by atoms with van der Waals surface area (Å²) in [6, 6.07) is 0. The lowest BCUT2D eigenvalue weighted by molar-refractivity contribution is 0.606. The van der Waals surface area contributed by atoms with Gasteiger partial charge in [-0.1, -0.05) is 25.8 Å². The fourth-order valence-corrected chi connectivity index (χ4v) is 0.928. The van der Waals surface area contributed by atoms with Gasteiger partial charge in [-0.15, -0.1) is 0 Å². The van der Waals surface area contributed by atoms with Gasteiger partial charge in [-0.2, -0.15) is 0 Å². The van der Waals surface area contributed by atoms with Crippen molar-refractivity contribution in [3.63, 3.8) is 0 Å². The standard InChI is InChI=1S/C6H13NO2S/c1-2-3-4-5-6-10(7,8)9/h5-6H,2-4H2,1H3,(H2,7,8,9). The summed E-state index contributed by atoms with van der Waals surface area (Å²) >= 11 is 0. The highest BCUT2D eigenvalue weighted by Crippen LogP contribution is 1.95. The molecule has 0 rings (SSSR count). The Hall–Kier alpha value is -0.350. The molecule has 2 N–H and O–H groups in total. The number of unbranched alkanes of at least 4 members (excludes halogenated alkanes) is 2. The van der Waals surface area contributed by atoms with Crippen molar-refractivity contribution in [2.24, 2.45) is 5.14 Å². The maximum Gasteiger partial charge on any atom is 0.230 e. The average Bonchev–Trinajstić information content (AvgIpc) is 1.78. The number of hydrogen-bond donors (Lipinski definition) is 1. The molecule has 0 saturated carbocycles. The summed E-state index contributed by atoms with van der Waals surface area (Å²) in [4.78, 5) is 0. The Kier molecular flexibility index (Phi) is 4.31. The van der Waals surface area contributed by atoms with E-state index in [1.165, 1.54) is 0 Å². The maximum atomic E-state index is 10.3. The fourth-order valence-electron chi connectivity index (χ4n) is 0.524. The SMILES string of the molecule is CCCCC=CS(N)(=O)=O. The van der Waals surface area contributed by atoms with Crippen LogP contribution in [0, 0.1) is 0 Å². The molecule has 3 nitrogen and oxygen atoms in total. The largest absolute Gasteiger partial charge is 0.230 e. The first-order valence-electron chi connectivity index (χ1n) is 3.25. The summed E-state index contributed by atoms with van der Waals surface area (Å²) in [7, 11) is -3.39. The van der Waals surface area contributed by atoms with Crippen LogP contribution >= 0.6 is 0 Å². The molecule has 0 fully saturated rings. The molecule has 0 aromatic rings. The second-order valence-corrected chi connectivity index (χ2v) is 3.55. The van der Waals surface area contributed by atoms with Crippen LogP contribution in [0.1, 0.15) is 26.2 Å². The molecule has 0 atom stereocenters. The second kappa shape index (κ2) is 4.46. The molecule has 4 heteroatoms. The molecule has 0 unspecified atom stereocenters. The van der Waals surface area contributed by atoms with Crippen molar-refractivity contribution in [1.82, 2.24) is 0 Å². The first-order chi connectivity index (χ1) is 4.56. The van der Waals surface area contributed by atoms with Gasteiger partial charge in [0.25, 0.3) is 0 Å². The molecule has 0 aliphatic rings.